The van der Waals surface area contributed by atoms with Crippen molar-refractivity contribution in [2.75, 3.05) is 13.1 Å². The molecule has 6 nitrogen and oxygen atoms in total. The third-order valence-electron chi connectivity index (χ3n) is 3.81. The van der Waals surface area contributed by atoms with Crippen LogP contribution in [0.25, 0.3) is 22.5 Å². The van der Waals surface area contributed by atoms with Crippen LogP contribution in [0.1, 0.15) is 19.3 Å². The van der Waals surface area contributed by atoms with Crippen molar-refractivity contribution >= 4 is 22.5 Å². The number of pyridine rings is 1. The van der Waals surface area contributed by atoms with Crippen LogP contribution in [0.4, 0.5) is 0 Å². The topological polar surface area (TPSA) is 63.4 Å². The van der Waals surface area contributed by atoms with Gasteiger partial charge in [-0.2, -0.15) is 9.50 Å². The first-order valence-electron chi connectivity index (χ1n) is 7.37. The van der Waals surface area contributed by atoms with E-state index in [1.165, 1.54) is 35.1 Å². The molecule has 0 bridgehead atoms. The van der Waals surface area contributed by atoms with Gasteiger partial charge >= 0.3 is 0 Å². The molecule has 4 heterocycles. The molecule has 1 saturated heterocycles. The highest BCUT2D eigenvalue weighted by atomic mass is 32.1. The maximum atomic E-state index is 12.4. The monoisotopic (exact) mass is 313 g/mol. The Hall–Kier alpha value is -2.28. The molecule has 112 valence electrons. The van der Waals surface area contributed by atoms with E-state index in [9.17, 15) is 4.79 Å². The molecule has 0 aliphatic carbocycles. The molecule has 1 aliphatic rings. The van der Waals surface area contributed by atoms with E-state index in [1.54, 1.807) is 12.4 Å². The van der Waals surface area contributed by atoms with E-state index in [2.05, 4.69) is 20.0 Å². The summed E-state index contributed by atoms with van der Waals surface area (Å²) in [6.45, 7) is 2.05. The van der Waals surface area contributed by atoms with Gasteiger partial charge in [-0.15, -0.1) is 5.10 Å². The van der Waals surface area contributed by atoms with Crippen LogP contribution in [0, 0.1) is 0 Å². The number of nitrogens with zero attached hydrogens (tertiary/aromatic N) is 5. The van der Waals surface area contributed by atoms with Gasteiger partial charge in [0.15, 0.2) is 5.82 Å². The second kappa shape index (κ2) is 5.49. The van der Waals surface area contributed by atoms with Gasteiger partial charge < -0.3 is 4.90 Å². The maximum absolute atomic E-state index is 12.4. The van der Waals surface area contributed by atoms with Gasteiger partial charge in [0.05, 0.1) is 0 Å². The van der Waals surface area contributed by atoms with E-state index in [4.69, 9.17) is 0 Å². The number of hydrogen-bond acceptors (Lipinski definition) is 6. The summed E-state index contributed by atoms with van der Waals surface area (Å²) in [6.07, 6.45) is 9.01. The Balaban J connectivity index is 1.75. The highest BCUT2D eigenvalue weighted by Gasteiger charge is 2.13. The van der Waals surface area contributed by atoms with E-state index in [0.717, 1.165) is 18.7 Å². The zero-order valence-corrected chi connectivity index (χ0v) is 12.8. The first kappa shape index (κ1) is 13.4. The minimum absolute atomic E-state index is 0.0848. The summed E-state index contributed by atoms with van der Waals surface area (Å²) in [6, 6.07) is 3.68. The fourth-order valence-corrected chi connectivity index (χ4v) is 3.58. The van der Waals surface area contributed by atoms with Crippen LogP contribution in [0.3, 0.4) is 0 Å². The largest absolute Gasteiger partial charge is 0.376 e. The Morgan fingerprint density at radius 1 is 1.14 bits per heavy atom. The lowest BCUT2D eigenvalue weighted by Crippen LogP contribution is -2.31. The zero-order chi connectivity index (χ0) is 14.9. The summed E-state index contributed by atoms with van der Waals surface area (Å²) in [7, 11) is 0. The zero-order valence-electron chi connectivity index (χ0n) is 12.0. The van der Waals surface area contributed by atoms with Crippen molar-refractivity contribution in [3.63, 3.8) is 0 Å². The molecule has 0 atom stereocenters. The van der Waals surface area contributed by atoms with Crippen molar-refractivity contribution in [2.24, 2.45) is 0 Å². The van der Waals surface area contributed by atoms with Crippen LogP contribution < -0.4 is 10.1 Å². The Morgan fingerprint density at radius 2 is 1.91 bits per heavy atom. The molecule has 4 rings (SSSR count). The van der Waals surface area contributed by atoms with Crippen LogP contribution in [-0.4, -0.2) is 37.6 Å². The fourth-order valence-electron chi connectivity index (χ4n) is 2.66. The molecule has 0 spiro atoms. The average molecular weight is 313 g/mol. The lowest BCUT2D eigenvalue weighted by molar-refractivity contribution is 0.336. The molecule has 7 heteroatoms. The van der Waals surface area contributed by atoms with Gasteiger partial charge in [-0.05, 0) is 31.4 Å². The molecular formula is C15H15N5OS. The number of rotatable bonds is 2. The summed E-state index contributed by atoms with van der Waals surface area (Å²) in [5.41, 5.74) is 0.783. The van der Waals surface area contributed by atoms with Gasteiger partial charge in [0, 0.05) is 37.2 Å². The van der Waals surface area contributed by atoms with Crippen molar-refractivity contribution < 1.29 is 0 Å². The molecular weight excluding hydrogens is 298 g/mol. The van der Waals surface area contributed by atoms with Gasteiger partial charge in [-0.3, -0.25) is 9.78 Å². The molecule has 1 aliphatic heterocycles. The van der Waals surface area contributed by atoms with Crippen LogP contribution >= 0.6 is 11.3 Å². The molecule has 3 aromatic rings. The molecule has 0 radical (unpaired) electrons. The summed E-state index contributed by atoms with van der Waals surface area (Å²) in [5, 5.41) is 4.33. The normalized spacial score (nSPS) is 16.5. The number of hydrogen-bond donors (Lipinski definition) is 0. The third-order valence-corrected chi connectivity index (χ3v) is 4.76. The molecule has 0 aromatic carbocycles. The van der Waals surface area contributed by atoms with Crippen LogP contribution in [0.5, 0.6) is 0 Å². The number of fused-ring (bicyclic) bond motifs is 1. The summed E-state index contributed by atoms with van der Waals surface area (Å²) >= 11 is 1.40. The molecule has 22 heavy (non-hydrogen) atoms. The number of thiazole rings is 1. The van der Waals surface area contributed by atoms with Crippen molar-refractivity contribution in [1.29, 1.82) is 0 Å². The van der Waals surface area contributed by atoms with Gasteiger partial charge in [0.2, 0.25) is 4.96 Å². The molecule has 0 saturated carbocycles. The Labute approximate surface area is 130 Å². The Morgan fingerprint density at radius 3 is 2.64 bits per heavy atom. The van der Waals surface area contributed by atoms with Crippen LogP contribution in [0.15, 0.2) is 29.3 Å². The average Bonchev–Trinajstić information content (AvgIpc) is 3.10. The van der Waals surface area contributed by atoms with Gasteiger partial charge in [0.1, 0.15) is 4.53 Å². The number of piperidine rings is 1. The van der Waals surface area contributed by atoms with Gasteiger partial charge in [-0.1, -0.05) is 11.3 Å². The quantitative estimate of drug-likeness (QED) is 0.710. The Bertz CT molecular complexity index is 895. The lowest BCUT2D eigenvalue weighted by atomic mass is 10.1. The van der Waals surface area contributed by atoms with E-state index < -0.39 is 0 Å². The van der Waals surface area contributed by atoms with E-state index in [-0.39, 0.29) is 5.56 Å². The lowest BCUT2D eigenvalue weighted by Gasteiger charge is -2.24. The van der Waals surface area contributed by atoms with Crippen LogP contribution in [-0.2, 0) is 0 Å². The fraction of sp³-hybridized carbons (Fsp3) is 0.333. The molecule has 3 aromatic heterocycles. The SMILES string of the molecule is O=c1/c(=C/N2CCCCC2)sc2nc(-c3ccncc3)nn12. The third kappa shape index (κ3) is 2.37. The van der Waals surface area contributed by atoms with Crippen molar-refractivity contribution in [1.82, 2.24) is 24.5 Å². The second-order valence-corrected chi connectivity index (χ2v) is 6.37. The highest BCUT2D eigenvalue weighted by Crippen LogP contribution is 2.15. The second-order valence-electron chi connectivity index (χ2n) is 5.36. The van der Waals surface area contributed by atoms with Crippen LogP contribution in [0.2, 0.25) is 0 Å². The molecule has 0 amide bonds. The molecule has 0 unspecified atom stereocenters. The minimum Gasteiger partial charge on any atom is -0.376 e. The smallest absolute Gasteiger partial charge is 0.292 e. The summed E-state index contributed by atoms with van der Waals surface area (Å²) in [5.74, 6) is 0.565. The standard InChI is InChI=1S/C15H15N5OS/c21-14-12(10-19-8-2-1-3-9-19)22-15-17-13(18-20(14)15)11-4-6-16-7-5-11/h4-7,10H,1-3,8-9H2/b12-10-. The van der Waals surface area contributed by atoms with E-state index >= 15 is 0 Å². The predicted octanol–water partition coefficient (Wildman–Crippen LogP) is 1.16. The Kier molecular flexibility index (Phi) is 3.34. The van der Waals surface area contributed by atoms with Gasteiger partial charge in [0.25, 0.3) is 5.56 Å². The molecule has 0 N–H and O–H groups in total. The summed E-state index contributed by atoms with van der Waals surface area (Å²) in [4.78, 5) is 23.7. The van der Waals surface area contributed by atoms with Crippen molar-refractivity contribution in [3.8, 4) is 11.4 Å². The summed E-state index contributed by atoms with van der Waals surface area (Å²) < 4.78 is 2.11. The van der Waals surface area contributed by atoms with Crippen molar-refractivity contribution in [2.45, 2.75) is 19.3 Å². The minimum atomic E-state index is -0.0848. The number of likely N-dealkylation sites (tertiary alicyclic amines) is 1. The van der Waals surface area contributed by atoms with E-state index in [1.807, 2.05) is 18.3 Å². The first-order chi connectivity index (χ1) is 10.8. The predicted molar refractivity (Wildman–Crippen MR) is 85.5 cm³/mol. The maximum Gasteiger partial charge on any atom is 0.292 e. The highest BCUT2D eigenvalue weighted by molar-refractivity contribution is 7.15. The molecule has 1 fully saturated rings. The van der Waals surface area contributed by atoms with Gasteiger partial charge in [-0.25, -0.2) is 0 Å². The first-order valence-corrected chi connectivity index (χ1v) is 8.19. The van der Waals surface area contributed by atoms with E-state index in [0.29, 0.717) is 15.3 Å². The van der Waals surface area contributed by atoms with Crippen molar-refractivity contribution in [3.05, 3.63) is 39.4 Å². The number of aromatic nitrogens is 4.